The van der Waals surface area contributed by atoms with E-state index in [1.165, 1.54) is 0 Å². The zero-order chi connectivity index (χ0) is 16.5. The third-order valence-corrected chi connectivity index (χ3v) is 2.71. The number of carbonyl (C=O) groups excluding carboxylic acids is 1. The summed E-state index contributed by atoms with van der Waals surface area (Å²) in [6.07, 6.45) is 3.32. The highest BCUT2D eigenvalue weighted by Gasteiger charge is 2.02. The van der Waals surface area contributed by atoms with Gasteiger partial charge in [-0.25, -0.2) is 4.79 Å². The van der Waals surface area contributed by atoms with Crippen LogP contribution in [0.2, 0.25) is 0 Å². The summed E-state index contributed by atoms with van der Waals surface area (Å²) in [5.41, 5.74) is 1.82. The highest BCUT2D eigenvalue weighted by molar-refractivity contribution is 5.86. The summed E-state index contributed by atoms with van der Waals surface area (Å²) in [5, 5.41) is 8.22. The first-order valence-corrected chi connectivity index (χ1v) is 7.02. The Bertz CT molecular complexity index is 682. The van der Waals surface area contributed by atoms with Crippen molar-refractivity contribution in [3.63, 3.8) is 0 Å². The lowest BCUT2D eigenvalue weighted by Gasteiger charge is -2.07. The van der Waals surface area contributed by atoms with Crippen LogP contribution < -0.4 is 4.74 Å². The van der Waals surface area contributed by atoms with Crippen molar-refractivity contribution in [3.05, 3.63) is 60.9 Å². The molecule has 1 heterocycles. The molecule has 0 aliphatic rings. The highest BCUT2D eigenvalue weighted by Crippen LogP contribution is 2.20. The smallest absolute Gasteiger partial charge is 0.333 e. The molecule has 2 aromatic rings. The molecule has 23 heavy (non-hydrogen) atoms. The molecule has 118 valence electrons. The van der Waals surface area contributed by atoms with E-state index in [9.17, 15) is 4.79 Å². The minimum Gasteiger partial charge on any atom is -0.490 e. The van der Waals surface area contributed by atoms with Gasteiger partial charge in [0.15, 0.2) is 0 Å². The lowest BCUT2D eigenvalue weighted by atomic mass is 10.3. The average Bonchev–Trinajstić information content (AvgIpc) is 2.58. The number of esters is 1. The molecule has 1 aromatic carbocycles. The van der Waals surface area contributed by atoms with Crippen LogP contribution in [0, 0.1) is 0 Å². The molecule has 0 saturated carbocycles. The van der Waals surface area contributed by atoms with E-state index in [1.807, 2.05) is 0 Å². The molecule has 2 rings (SSSR count). The van der Waals surface area contributed by atoms with E-state index >= 15 is 0 Å². The molecule has 0 atom stereocenters. The van der Waals surface area contributed by atoms with Gasteiger partial charge >= 0.3 is 5.97 Å². The van der Waals surface area contributed by atoms with Crippen LogP contribution in [0.3, 0.4) is 0 Å². The minimum absolute atomic E-state index is 0.176. The number of hydrogen-bond donors (Lipinski definition) is 0. The fourth-order valence-corrected chi connectivity index (χ4v) is 1.55. The molecule has 6 heteroatoms. The number of benzene rings is 1. The van der Waals surface area contributed by atoms with E-state index in [2.05, 4.69) is 21.8 Å². The molecule has 0 aliphatic heterocycles. The number of pyridine rings is 1. The van der Waals surface area contributed by atoms with Gasteiger partial charge in [0.1, 0.15) is 19.0 Å². The highest BCUT2D eigenvalue weighted by atomic mass is 16.6. The van der Waals surface area contributed by atoms with E-state index in [0.29, 0.717) is 17.0 Å². The van der Waals surface area contributed by atoms with Gasteiger partial charge in [0.25, 0.3) is 0 Å². The second-order valence-electron chi connectivity index (χ2n) is 4.66. The van der Waals surface area contributed by atoms with Crippen LogP contribution in [0.1, 0.15) is 6.92 Å². The van der Waals surface area contributed by atoms with Gasteiger partial charge in [0, 0.05) is 18.0 Å². The molecule has 0 radical (unpaired) electrons. The summed E-state index contributed by atoms with van der Waals surface area (Å²) < 4.78 is 10.4. The Balaban J connectivity index is 1.79. The molecular formula is C17H17N3O3. The molecule has 0 saturated heterocycles. The van der Waals surface area contributed by atoms with Crippen LogP contribution in [0.4, 0.5) is 11.4 Å². The number of azo groups is 1. The number of hydrogen-bond acceptors (Lipinski definition) is 6. The Morgan fingerprint density at radius 3 is 2.26 bits per heavy atom. The number of aromatic nitrogens is 1. The van der Waals surface area contributed by atoms with Crippen molar-refractivity contribution in [3.8, 4) is 5.75 Å². The van der Waals surface area contributed by atoms with Crippen molar-refractivity contribution in [1.82, 2.24) is 4.98 Å². The van der Waals surface area contributed by atoms with Crippen molar-refractivity contribution in [2.75, 3.05) is 13.2 Å². The summed E-state index contributed by atoms with van der Waals surface area (Å²) in [6.45, 7) is 5.55. The Kier molecular flexibility index (Phi) is 5.99. The standard InChI is InChI=1S/C17H17N3O3/c1-13(2)17(21)23-12-11-22-16-5-3-14(4-6-16)19-20-15-7-9-18-10-8-15/h3-10H,1,11-12H2,2H3. The number of carbonyl (C=O) groups is 1. The van der Waals surface area contributed by atoms with Gasteiger partial charge in [-0.3, -0.25) is 4.98 Å². The van der Waals surface area contributed by atoms with Gasteiger partial charge in [-0.1, -0.05) is 6.58 Å². The molecular weight excluding hydrogens is 294 g/mol. The second-order valence-corrected chi connectivity index (χ2v) is 4.66. The zero-order valence-corrected chi connectivity index (χ0v) is 12.8. The van der Waals surface area contributed by atoms with Crippen molar-refractivity contribution in [2.45, 2.75) is 6.92 Å². The minimum atomic E-state index is -0.416. The van der Waals surface area contributed by atoms with Crippen molar-refractivity contribution >= 4 is 17.3 Å². The molecule has 0 bridgehead atoms. The van der Waals surface area contributed by atoms with Crippen LogP contribution in [-0.4, -0.2) is 24.2 Å². The lowest BCUT2D eigenvalue weighted by Crippen LogP contribution is -2.12. The van der Waals surface area contributed by atoms with Gasteiger partial charge in [-0.05, 0) is 43.3 Å². The van der Waals surface area contributed by atoms with E-state index < -0.39 is 5.97 Å². The zero-order valence-electron chi connectivity index (χ0n) is 12.8. The summed E-state index contributed by atoms with van der Waals surface area (Å²) in [4.78, 5) is 15.1. The average molecular weight is 311 g/mol. The van der Waals surface area contributed by atoms with Gasteiger partial charge in [0.05, 0.1) is 11.4 Å². The third kappa shape index (κ3) is 5.70. The maximum absolute atomic E-state index is 11.2. The monoisotopic (exact) mass is 311 g/mol. The molecule has 0 amide bonds. The number of rotatable bonds is 7. The topological polar surface area (TPSA) is 73.1 Å². The van der Waals surface area contributed by atoms with Gasteiger partial charge in [-0.15, -0.1) is 0 Å². The molecule has 0 aliphatic carbocycles. The molecule has 0 N–H and O–H groups in total. The summed E-state index contributed by atoms with van der Waals surface area (Å²) in [7, 11) is 0. The van der Waals surface area contributed by atoms with Crippen LogP contribution in [-0.2, 0) is 9.53 Å². The van der Waals surface area contributed by atoms with E-state index in [-0.39, 0.29) is 13.2 Å². The van der Waals surface area contributed by atoms with Crippen molar-refractivity contribution in [1.29, 1.82) is 0 Å². The van der Waals surface area contributed by atoms with E-state index in [4.69, 9.17) is 9.47 Å². The predicted octanol–water partition coefficient (Wildman–Crippen LogP) is 4.00. The van der Waals surface area contributed by atoms with Crippen LogP contribution in [0.25, 0.3) is 0 Å². The SMILES string of the molecule is C=C(C)C(=O)OCCOc1ccc(N=Nc2ccncc2)cc1. The summed E-state index contributed by atoms with van der Waals surface area (Å²) in [6, 6.07) is 10.7. The lowest BCUT2D eigenvalue weighted by molar-refractivity contribution is -0.139. The number of ether oxygens (including phenoxy) is 2. The molecule has 0 spiro atoms. The van der Waals surface area contributed by atoms with Crippen molar-refractivity contribution < 1.29 is 14.3 Å². The molecule has 1 aromatic heterocycles. The first-order valence-electron chi connectivity index (χ1n) is 7.02. The maximum atomic E-state index is 11.2. The van der Waals surface area contributed by atoms with Crippen LogP contribution in [0.15, 0.2) is 71.2 Å². The Hall–Kier alpha value is -3.02. The van der Waals surface area contributed by atoms with Crippen molar-refractivity contribution in [2.24, 2.45) is 10.2 Å². The van der Waals surface area contributed by atoms with E-state index in [0.717, 1.165) is 5.69 Å². The molecule has 6 nitrogen and oxygen atoms in total. The molecule has 0 fully saturated rings. The second kappa shape index (κ2) is 8.43. The fraction of sp³-hybridized carbons (Fsp3) is 0.176. The van der Waals surface area contributed by atoms with Crippen LogP contribution >= 0.6 is 0 Å². The fourth-order valence-electron chi connectivity index (χ4n) is 1.55. The normalized spacial score (nSPS) is 10.5. The van der Waals surface area contributed by atoms with Crippen LogP contribution in [0.5, 0.6) is 5.75 Å². The van der Waals surface area contributed by atoms with Gasteiger partial charge in [-0.2, -0.15) is 10.2 Å². The van der Waals surface area contributed by atoms with E-state index in [1.54, 1.807) is 55.7 Å². The summed E-state index contributed by atoms with van der Waals surface area (Å²) in [5.74, 6) is 0.250. The van der Waals surface area contributed by atoms with Gasteiger partial charge < -0.3 is 9.47 Å². The Morgan fingerprint density at radius 2 is 1.65 bits per heavy atom. The van der Waals surface area contributed by atoms with Gasteiger partial charge in [0.2, 0.25) is 0 Å². The Morgan fingerprint density at radius 1 is 1.04 bits per heavy atom. The maximum Gasteiger partial charge on any atom is 0.333 e. The largest absolute Gasteiger partial charge is 0.490 e. The quantitative estimate of drug-likeness (QED) is 0.335. The first-order chi connectivity index (χ1) is 11.1. The Labute approximate surface area is 134 Å². The first kappa shape index (κ1) is 16.4. The number of nitrogens with zero attached hydrogens (tertiary/aromatic N) is 3. The molecule has 0 unspecified atom stereocenters. The summed E-state index contributed by atoms with van der Waals surface area (Å²) >= 11 is 0. The predicted molar refractivity (Wildman–Crippen MR) is 86.1 cm³/mol. The third-order valence-electron chi connectivity index (χ3n) is 2.71.